The van der Waals surface area contributed by atoms with E-state index in [1.165, 1.54) is 6.39 Å². The summed E-state index contributed by atoms with van der Waals surface area (Å²) in [7, 11) is 3.22. The zero-order chi connectivity index (χ0) is 19.4. The Bertz CT molecular complexity index is 825. The smallest absolute Gasteiger partial charge is 0.291 e. The van der Waals surface area contributed by atoms with Gasteiger partial charge in [-0.25, -0.2) is 4.98 Å². The molecule has 0 aliphatic carbocycles. The monoisotopic (exact) mass is 372 g/mol. The van der Waals surface area contributed by atoms with Gasteiger partial charge < -0.3 is 24.7 Å². The fourth-order valence-corrected chi connectivity index (χ4v) is 3.37. The van der Waals surface area contributed by atoms with Crippen molar-refractivity contribution in [2.24, 2.45) is 0 Å². The van der Waals surface area contributed by atoms with Gasteiger partial charge in [0.05, 0.1) is 12.8 Å². The average Bonchev–Trinajstić information content (AvgIpc) is 3.13. The summed E-state index contributed by atoms with van der Waals surface area (Å²) in [6.45, 7) is 2.60. The molecule has 0 radical (unpaired) electrons. The van der Waals surface area contributed by atoms with Gasteiger partial charge in [0.2, 0.25) is 11.7 Å². The molecule has 144 valence electrons. The van der Waals surface area contributed by atoms with Crippen LogP contribution in [0.3, 0.4) is 0 Å². The minimum atomic E-state index is -0.797. The van der Waals surface area contributed by atoms with Crippen LogP contribution in [0.5, 0.6) is 5.75 Å². The maximum atomic E-state index is 12.7. The van der Waals surface area contributed by atoms with Crippen LogP contribution in [0.1, 0.15) is 29.1 Å². The molecule has 1 aliphatic heterocycles. The zero-order valence-electron chi connectivity index (χ0n) is 15.7. The van der Waals surface area contributed by atoms with E-state index in [4.69, 9.17) is 9.15 Å². The van der Waals surface area contributed by atoms with Crippen molar-refractivity contribution in [2.75, 3.05) is 32.6 Å². The number of benzene rings is 1. The third-order valence-electron chi connectivity index (χ3n) is 4.96. The number of methoxy groups -OCH3 is 1. The Kier molecular flexibility index (Phi) is 5.34. The first-order valence-corrected chi connectivity index (χ1v) is 8.83. The van der Waals surface area contributed by atoms with Crippen molar-refractivity contribution in [3.05, 3.63) is 42.1 Å². The van der Waals surface area contributed by atoms with Gasteiger partial charge in [0, 0.05) is 31.9 Å². The molecule has 2 N–H and O–H groups in total. The molecule has 0 atom stereocenters. The number of aromatic nitrogens is 1. The molecule has 0 spiro atoms. The van der Waals surface area contributed by atoms with Gasteiger partial charge in [-0.3, -0.25) is 9.59 Å². The number of nitrogens with zero attached hydrogens (tertiary/aromatic N) is 2. The number of ether oxygens (including phenoxy) is 1. The Morgan fingerprint density at radius 3 is 2.63 bits per heavy atom. The van der Waals surface area contributed by atoms with Crippen LogP contribution in [0, 0.1) is 6.92 Å². The van der Waals surface area contributed by atoms with E-state index in [0.29, 0.717) is 37.4 Å². The molecule has 8 heteroatoms. The molecule has 1 fully saturated rings. The first-order chi connectivity index (χ1) is 13.0. The maximum Gasteiger partial charge on any atom is 0.291 e. The van der Waals surface area contributed by atoms with Crippen molar-refractivity contribution in [3.63, 3.8) is 0 Å². The summed E-state index contributed by atoms with van der Waals surface area (Å²) in [5.41, 5.74) is 0.565. The van der Waals surface area contributed by atoms with E-state index in [2.05, 4.69) is 15.6 Å². The second-order valence-corrected chi connectivity index (χ2v) is 6.58. The number of nitrogens with one attached hydrogen (secondary N) is 2. The van der Waals surface area contributed by atoms with Crippen molar-refractivity contribution < 1.29 is 18.7 Å². The lowest BCUT2D eigenvalue weighted by Gasteiger charge is -2.41. The highest BCUT2D eigenvalue weighted by atomic mass is 16.5. The summed E-state index contributed by atoms with van der Waals surface area (Å²) >= 11 is 0. The lowest BCUT2D eigenvalue weighted by Crippen LogP contribution is -2.58. The lowest BCUT2D eigenvalue weighted by molar-refractivity contribution is -0.126. The van der Waals surface area contributed by atoms with Crippen LogP contribution in [0.4, 0.5) is 5.69 Å². The summed E-state index contributed by atoms with van der Waals surface area (Å²) in [5.74, 6) is 0.661. The van der Waals surface area contributed by atoms with Crippen LogP contribution in [-0.2, 0) is 4.79 Å². The highest BCUT2D eigenvalue weighted by Gasteiger charge is 2.42. The minimum absolute atomic E-state index is 0.103. The summed E-state index contributed by atoms with van der Waals surface area (Å²) in [5, 5.41) is 6.10. The van der Waals surface area contributed by atoms with E-state index in [0.717, 1.165) is 5.69 Å². The number of amides is 2. The van der Waals surface area contributed by atoms with Crippen molar-refractivity contribution >= 4 is 17.5 Å². The Hall–Kier alpha value is -3.03. The second kappa shape index (κ2) is 7.69. The van der Waals surface area contributed by atoms with Crippen LogP contribution >= 0.6 is 0 Å². The van der Waals surface area contributed by atoms with Crippen molar-refractivity contribution in [1.82, 2.24) is 15.2 Å². The van der Waals surface area contributed by atoms with Crippen molar-refractivity contribution in [3.8, 4) is 5.75 Å². The number of likely N-dealkylation sites (N-methyl/N-ethyl adjacent to an activating group) is 1. The number of oxazole rings is 1. The molecule has 0 unspecified atom stereocenters. The number of carbonyl (C=O) groups excluding carboxylic acids is 2. The van der Waals surface area contributed by atoms with Gasteiger partial charge in [-0.1, -0.05) is 6.07 Å². The van der Waals surface area contributed by atoms with Crippen molar-refractivity contribution in [2.45, 2.75) is 25.3 Å². The number of hydrogen-bond donors (Lipinski definition) is 2. The van der Waals surface area contributed by atoms with E-state index < -0.39 is 5.54 Å². The molecule has 2 aromatic rings. The number of anilines is 1. The average molecular weight is 372 g/mol. The summed E-state index contributed by atoms with van der Waals surface area (Å²) in [6, 6.07) is 7.45. The summed E-state index contributed by atoms with van der Waals surface area (Å²) < 4.78 is 10.5. The molecule has 1 saturated heterocycles. The highest BCUT2D eigenvalue weighted by Crippen LogP contribution is 2.30. The van der Waals surface area contributed by atoms with Gasteiger partial charge >= 0.3 is 0 Å². The molecule has 8 nitrogen and oxygen atoms in total. The number of piperidine rings is 1. The third kappa shape index (κ3) is 3.74. The van der Waals surface area contributed by atoms with Gasteiger partial charge in [0.15, 0.2) is 6.39 Å². The van der Waals surface area contributed by atoms with Gasteiger partial charge in [0.25, 0.3) is 5.91 Å². The summed E-state index contributed by atoms with van der Waals surface area (Å²) in [6.07, 6.45) is 2.22. The zero-order valence-corrected chi connectivity index (χ0v) is 15.7. The Balaban J connectivity index is 1.76. The highest BCUT2D eigenvalue weighted by molar-refractivity contribution is 5.93. The van der Waals surface area contributed by atoms with Crippen molar-refractivity contribution in [1.29, 1.82) is 0 Å². The molecular weight excluding hydrogens is 348 g/mol. The van der Waals surface area contributed by atoms with E-state index in [1.807, 2.05) is 24.3 Å². The first-order valence-electron chi connectivity index (χ1n) is 8.83. The van der Waals surface area contributed by atoms with Crippen LogP contribution < -0.4 is 15.4 Å². The molecule has 2 heterocycles. The van der Waals surface area contributed by atoms with E-state index in [9.17, 15) is 9.59 Å². The number of carbonyl (C=O) groups is 2. The summed E-state index contributed by atoms with van der Waals surface area (Å²) in [4.78, 5) is 31.0. The number of aryl methyl sites for hydroxylation is 1. The van der Waals surface area contributed by atoms with E-state index in [1.54, 1.807) is 26.0 Å². The van der Waals surface area contributed by atoms with Crippen LogP contribution in [0.25, 0.3) is 0 Å². The minimum Gasteiger partial charge on any atom is -0.497 e. The quantitative estimate of drug-likeness (QED) is 0.831. The van der Waals surface area contributed by atoms with Crippen LogP contribution in [0.2, 0.25) is 0 Å². The third-order valence-corrected chi connectivity index (χ3v) is 4.96. The van der Waals surface area contributed by atoms with Gasteiger partial charge in [-0.2, -0.15) is 0 Å². The Morgan fingerprint density at radius 1 is 1.30 bits per heavy atom. The van der Waals surface area contributed by atoms with E-state index in [-0.39, 0.29) is 17.6 Å². The SMILES string of the molecule is CNC(=O)C1(Nc2cccc(OC)c2)CCN(C(=O)c2ocnc2C)CC1. The van der Waals surface area contributed by atoms with Gasteiger partial charge in [-0.05, 0) is 31.9 Å². The molecular formula is C19H24N4O4. The first kappa shape index (κ1) is 18.8. The fourth-order valence-electron chi connectivity index (χ4n) is 3.37. The molecule has 0 bridgehead atoms. The normalized spacial score (nSPS) is 15.9. The molecule has 1 aliphatic rings. The predicted octanol–water partition coefficient (Wildman–Crippen LogP) is 1.82. The Morgan fingerprint density at radius 2 is 2.04 bits per heavy atom. The molecule has 0 saturated carbocycles. The topological polar surface area (TPSA) is 96.7 Å². The lowest BCUT2D eigenvalue weighted by atomic mass is 9.85. The molecule has 1 aromatic heterocycles. The fraction of sp³-hybridized carbons (Fsp3) is 0.421. The number of hydrogen-bond acceptors (Lipinski definition) is 6. The second-order valence-electron chi connectivity index (χ2n) is 6.58. The molecule has 2 amide bonds. The number of rotatable bonds is 5. The Labute approximate surface area is 157 Å². The number of likely N-dealkylation sites (tertiary alicyclic amines) is 1. The molecule has 27 heavy (non-hydrogen) atoms. The van der Waals surface area contributed by atoms with E-state index >= 15 is 0 Å². The maximum absolute atomic E-state index is 12.7. The largest absolute Gasteiger partial charge is 0.497 e. The van der Waals surface area contributed by atoms with Gasteiger partial charge in [-0.15, -0.1) is 0 Å². The van der Waals surface area contributed by atoms with Crippen LogP contribution in [0.15, 0.2) is 35.1 Å². The van der Waals surface area contributed by atoms with Gasteiger partial charge in [0.1, 0.15) is 11.3 Å². The van der Waals surface area contributed by atoms with Crippen LogP contribution in [-0.4, -0.2) is 54.5 Å². The standard InChI is InChI=1S/C19H24N4O4/c1-13-16(27-12-21-13)17(24)23-9-7-19(8-10-23,18(25)20-2)22-14-5-4-6-15(11-14)26-3/h4-6,11-12,22H,7-10H2,1-3H3,(H,20,25). The predicted molar refractivity (Wildman–Crippen MR) is 99.8 cm³/mol. The molecule has 1 aromatic carbocycles. The molecule has 3 rings (SSSR count).